The lowest BCUT2D eigenvalue weighted by atomic mass is 9.80. The molecule has 0 bridgehead atoms. The molecule has 0 saturated carbocycles. The molecule has 1 unspecified atom stereocenters. The predicted octanol–water partition coefficient (Wildman–Crippen LogP) is 11.8. The Morgan fingerprint density at radius 3 is 1.55 bits per heavy atom. The molecule has 0 aliphatic carbocycles. The van der Waals surface area contributed by atoms with Gasteiger partial charge < -0.3 is 4.74 Å². The van der Waals surface area contributed by atoms with E-state index in [1.807, 2.05) is 30.3 Å². The van der Waals surface area contributed by atoms with Crippen molar-refractivity contribution in [3.8, 4) is 0 Å². The molecule has 1 atom stereocenters. The molecule has 2 heteroatoms. The second kappa shape index (κ2) is 20.1. The maximum absolute atomic E-state index is 13.0. The quantitative estimate of drug-likeness (QED) is 0.107. The van der Waals surface area contributed by atoms with E-state index in [-0.39, 0.29) is 11.4 Å². The number of ether oxygens (including phenoxy) is 1. The first kappa shape index (κ1) is 32.4. The number of fused-ring (bicyclic) bond motifs is 1. The Morgan fingerprint density at radius 1 is 0.605 bits per heavy atom. The van der Waals surface area contributed by atoms with E-state index in [0.717, 1.165) is 23.6 Å². The highest BCUT2D eigenvalue weighted by Gasteiger charge is 2.26. The van der Waals surface area contributed by atoms with E-state index < -0.39 is 0 Å². The Morgan fingerprint density at radius 2 is 1.05 bits per heavy atom. The van der Waals surface area contributed by atoms with Gasteiger partial charge in [-0.05, 0) is 35.7 Å². The van der Waals surface area contributed by atoms with Gasteiger partial charge in [-0.2, -0.15) is 0 Å². The fraction of sp³-hybridized carbons (Fsp3) is 0.694. The third-order valence-corrected chi connectivity index (χ3v) is 8.30. The first-order valence-corrected chi connectivity index (χ1v) is 16.2. The fourth-order valence-corrected chi connectivity index (χ4v) is 5.63. The van der Waals surface area contributed by atoms with Gasteiger partial charge in [0.1, 0.15) is 0 Å². The molecule has 0 spiro atoms. The van der Waals surface area contributed by atoms with E-state index in [9.17, 15) is 4.79 Å². The van der Waals surface area contributed by atoms with Crippen LogP contribution in [0.5, 0.6) is 0 Å². The highest BCUT2D eigenvalue weighted by atomic mass is 16.5. The lowest BCUT2D eigenvalue weighted by molar-refractivity contribution is 0.0264. The number of unbranched alkanes of at least 4 members (excludes halogenated alkanes) is 16. The molecular formula is C36H58O2. The van der Waals surface area contributed by atoms with Gasteiger partial charge in [0, 0.05) is 5.41 Å². The van der Waals surface area contributed by atoms with Gasteiger partial charge in [0.25, 0.3) is 0 Å². The molecule has 0 heterocycles. The molecule has 2 nitrogen and oxygen atoms in total. The summed E-state index contributed by atoms with van der Waals surface area (Å²) >= 11 is 0. The first-order valence-electron chi connectivity index (χ1n) is 16.2. The molecular weight excluding hydrogens is 464 g/mol. The Labute approximate surface area is 235 Å². The molecule has 0 fully saturated rings. The minimum atomic E-state index is -0.180. The number of carbonyl (C=O) groups excluding carboxylic acids is 1. The van der Waals surface area contributed by atoms with Crippen LogP contribution in [0.2, 0.25) is 0 Å². The average Bonchev–Trinajstić information content (AvgIpc) is 2.94. The van der Waals surface area contributed by atoms with E-state index in [1.54, 1.807) is 0 Å². The summed E-state index contributed by atoms with van der Waals surface area (Å²) in [5, 5.41) is 2.25. The van der Waals surface area contributed by atoms with Crippen LogP contribution < -0.4 is 0 Å². The number of benzene rings is 2. The summed E-state index contributed by atoms with van der Waals surface area (Å²) in [7, 11) is 0. The number of rotatable bonds is 23. The smallest absolute Gasteiger partial charge is 0.338 e. The third kappa shape index (κ3) is 13.8. The second-order valence-electron chi connectivity index (χ2n) is 12.1. The van der Waals surface area contributed by atoms with Crippen LogP contribution in [0.3, 0.4) is 0 Å². The van der Waals surface area contributed by atoms with Crippen LogP contribution in [-0.4, -0.2) is 12.6 Å². The predicted molar refractivity (Wildman–Crippen MR) is 166 cm³/mol. The highest BCUT2D eigenvalue weighted by molar-refractivity contribution is 5.95. The topological polar surface area (TPSA) is 26.3 Å². The van der Waals surface area contributed by atoms with Crippen LogP contribution >= 0.6 is 0 Å². The van der Waals surface area contributed by atoms with Crippen molar-refractivity contribution in [3.63, 3.8) is 0 Å². The summed E-state index contributed by atoms with van der Waals surface area (Å²) in [6, 6.07) is 14.1. The molecule has 2 rings (SSSR count). The van der Waals surface area contributed by atoms with Crippen LogP contribution in [0.15, 0.2) is 42.5 Å². The zero-order valence-electron chi connectivity index (χ0n) is 25.2. The van der Waals surface area contributed by atoms with Crippen LogP contribution in [0.1, 0.15) is 160 Å². The largest absolute Gasteiger partial charge is 0.462 e. The summed E-state index contributed by atoms with van der Waals surface area (Å²) in [5.41, 5.74) is 0.742. The van der Waals surface area contributed by atoms with E-state index >= 15 is 0 Å². The van der Waals surface area contributed by atoms with Crippen molar-refractivity contribution in [1.29, 1.82) is 0 Å². The molecule has 0 amide bonds. The van der Waals surface area contributed by atoms with Crippen molar-refractivity contribution < 1.29 is 9.53 Å². The summed E-state index contributed by atoms with van der Waals surface area (Å²) in [5.74, 6) is -0.180. The zero-order valence-corrected chi connectivity index (χ0v) is 25.2. The van der Waals surface area contributed by atoms with Crippen LogP contribution in [0.25, 0.3) is 10.8 Å². The SMILES string of the molecule is CCCCCCCCCCCCC(C)(CCCCCCCCCC)COC(=O)c1ccc2ccccc2c1. The van der Waals surface area contributed by atoms with Crippen molar-refractivity contribution in [1.82, 2.24) is 0 Å². The van der Waals surface area contributed by atoms with E-state index in [1.165, 1.54) is 116 Å². The molecule has 214 valence electrons. The molecule has 0 saturated heterocycles. The summed E-state index contributed by atoms with van der Waals surface area (Å²) in [6.07, 6.45) is 26.6. The molecule has 2 aromatic rings. The van der Waals surface area contributed by atoms with Gasteiger partial charge in [0.05, 0.1) is 12.2 Å². The third-order valence-electron chi connectivity index (χ3n) is 8.30. The van der Waals surface area contributed by atoms with Crippen LogP contribution in [-0.2, 0) is 4.74 Å². The van der Waals surface area contributed by atoms with Gasteiger partial charge in [-0.3, -0.25) is 0 Å². The zero-order chi connectivity index (χ0) is 27.3. The molecule has 2 aromatic carbocycles. The molecule has 0 aliphatic rings. The Kier molecular flexibility index (Phi) is 17.2. The monoisotopic (exact) mass is 522 g/mol. The Hall–Kier alpha value is -1.83. The molecule has 38 heavy (non-hydrogen) atoms. The summed E-state index contributed by atoms with van der Waals surface area (Å²) < 4.78 is 5.97. The maximum atomic E-state index is 13.0. The van der Waals surface area contributed by atoms with Gasteiger partial charge in [0.15, 0.2) is 0 Å². The van der Waals surface area contributed by atoms with E-state index in [4.69, 9.17) is 4.74 Å². The number of hydrogen-bond acceptors (Lipinski definition) is 2. The van der Waals surface area contributed by atoms with Gasteiger partial charge in [-0.15, -0.1) is 0 Å². The molecule has 0 N–H and O–H groups in total. The van der Waals surface area contributed by atoms with Gasteiger partial charge in [-0.1, -0.05) is 167 Å². The molecule has 0 aliphatic heterocycles. The van der Waals surface area contributed by atoms with E-state index in [2.05, 4.69) is 32.9 Å². The van der Waals surface area contributed by atoms with Gasteiger partial charge in [-0.25, -0.2) is 4.79 Å². The molecule has 0 radical (unpaired) electrons. The Balaban J connectivity index is 1.78. The van der Waals surface area contributed by atoms with Crippen molar-refractivity contribution in [2.24, 2.45) is 5.41 Å². The van der Waals surface area contributed by atoms with Crippen molar-refractivity contribution in [2.45, 2.75) is 149 Å². The maximum Gasteiger partial charge on any atom is 0.338 e. The van der Waals surface area contributed by atoms with Crippen molar-refractivity contribution in [2.75, 3.05) is 6.61 Å². The van der Waals surface area contributed by atoms with Crippen LogP contribution in [0.4, 0.5) is 0 Å². The second-order valence-corrected chi connectivity index (χ2v) is 12.1. The number of hydrogen-bond donors (Lipinski definition) is 0. The van der Waals surface area contributed by atoms with Crippen molar-refractivity contribution >= 4 is 16.7 Å². The number of esters is 1. The van der Waals surface area contributed by atoms with E-state index in [0.29, 0.717) is 12.2 Å². The summed E-state index contributed by atoms with van der Waals surface area (Å²) in [4.78, 5) is 13.0. The lowest BCUT2D eigenvalue weighted by Gasteiger charge is -2.29. The standard InChI is InChI=1S/C36H58O2/c1-4-6-8-10-12-14-15-17-19-23-29-36(3,28-22-18-16-13-11-9-7-5-2)31-38-35(37)34-27-26-32-24-20-21-25-33(32)30-34/h20-21,24-27,30H,4-19,22-23,28-29,31H2,1-3H3. The minimum absolute atomic E-state index is 0.0782. The highest BCUT2D eigenvalue weighted by Crippen LogP contribution is 2.32. The Bertz CT molecular complexity index is 873. The van der Waals surface area contributed by atoms with Gasteiger partial charge >= 0.3 is 5.97 Å². The molecule has 0 aromatic heterocycles. The lowest BCUT2D eigenvalue weighted by Crippen LogP contribution is -2.25. The fourth-order valence-electron chi connectivity index (χ4n) is 5.63. The van der Waals surface area contributed by atoms with Crippen LogP contribution in [0, 0.1) is 5.41 Å². The minimum Gasteiger partial charge on any atom is -0.462 e. The average molecular weight is 523 g/mol. The normalized spacial score (nSPS) is 13.0. The summed E-state index contributed by atoms with van der Waals surface area (Å²) in [6.45, 7) is 7.46. The number of carbonyl (C=O) groups is 1. The first-order chi connectivity index (χ1) is 18.6. The van der Waals surface area contributed by atoms with Gasteiger partial charge in [0.2, 0.25) is 0 Å². The van der Waals surface area contributed by atoms with Crippen molar-refractivity contribution in [3.05, 3.63) is 48.0 Å².